The average molecular weight is 1110 g/mol. The van der Waals surface area contributed by atoms with Gasteiger partial charge in [0.25, 0.3) is 23.6 Å². The number of aliphatic imine (C=N–C) groups is 1. The number of benzene rings is 4. The number of aliphatic hydroxyl groups excluding tert-OH is 1. The number of methoxy groups -OCH3 is 3. The largest absolute Gasteiger partial charge is 0.497 e. The minimum atomic E-state index is -1.06. The van der Waals surface area contributed by atoms with Crippen LogP contribution in [0.1, 0.15) is 97.6 Å². The molecular weight excluding hydrogens is 1040 g/mol. The van der Waals surface area contributed by atoms with Crippen molar-refractivity contribution in [3.63, 3.8) is 0 Å². The van der Waals surface area contributed by atoms with Gasteiger partial charge in [0, 0.05) is 74.4 Å². The maximum absolute atomic E-state index is 14.1. The quantitative estimate of drug-likeness (QED) is 0.0388. The fourth-order valence-corrected chi connectivity index (χ4v) is 10.2. The summed E-state index contributed by atoms with van der Waals surface area (Å²) in [7, 11) is 4.59. The van der Waals surface area contributed by atoms with Gasteiger partial charge in [-0.05, 0) is 90.8 Å². The Morgan fingerprint density at radius 3 is 1.96 bits per heavy atom. The fraction of sp³-hybridized carbons (Fsp3) is 0.367. The van der Waals surface area contributed by atoms with Crippen LogP contribution in [0.4, 0.5) is 17.1 Å². The standard InChI is InChI=1S/C60H66N8O13/c1-34(2)55(65-52(69)11-8-7-9-22-66-53(70)20-21-54(66)71)58(74)62-35(3)56(72)63-40-16-12-36(13-17-40)38-25-41-31-61-45-29-50(48(78-5)27-43(45)59(75)67(41)32-38)80-23-10-24-81-51-30-46-44(28-49(51)79-6)60(76)68-33-39(26-47(68)57(73)64-46)37-14-18-42(77-4)19-15-37/h12-21,27-35,41,47,55,57,64,73H,7-11,22-26H2,1-6H3,(H,62,74)(H,63,72)(H,65,69)/t35-,41-,47-,55-,57?/m0/s1. The molecule has 4 aromatic rings. The van der Waals surface area contributed by atoms with Crippen LogP contribution in [0.5, 0.6) is 28.7 Å². The predicted octanol–water partition coefficient (Wildman–Crippen LogP) is 6.60. The first-order valence-corrected chi connectivity index (χ1v) is 27.0. The van der Waals surface area contributed by atoms with E-state index < -0.39 is 36.2 Å². The molecule has 7 amide bonds. The lowest BCUT2D eigenvalue weighted by molar-refractivity contribution is -0.137. The molecule has 0 radical (unpaired) electrons. The number of anilines is 2. The smallest absolute Gasteiger partial charge is 0.260 e. The molecule has 5 aliphatic heterocycles. The lowest BCUT2D eigenvalue weighted by Crippen LogP contribution is -2.53. The van der Waals surface area contributed by atoms with Crippen molar-refractivity contribution >= 4 is 75.8 Å². The van der Waals surface area contributed by atoms with Crippen molar-refractivity contribution in [2.45, 2.75) is 96.1 Å². The number of nitrogens with zero attached hydrogens (tertiary/aromatic N) is 4. The van der Waals surface area contributed by atoms with Crippen LogP contribution < -0.4 is 45.0 Å². The maximum Gasteiger partial charge on any atom is 0.260 e. The van der Waals surface area contributed by atoms with E-state index in [0.717, 1.165) is 32.9 Å². The number of amides is 7. The van der Waals surface area contributed by atoms with E-state index in [1.807, 2.05) is 36.4 Å². The first-order chi connectivity index (χ1) is 39.0. The van der Waals surface area contributed by atoms with Crippen molar-refractivity contribution in [2.24, 2.45) is 10.9 Å². The van der Waals surface area contributed by atoms with E-state index in [1.165, 1.54) is 26.4 Å². The normalized spacial score (nSPS) is 18.6. The van der Waals surface area contributed by atoms with Gasteiger partial charge >= 0.3 is 0 Å². The molecule has 0 aromatic heterocycles. The number of carbonyl (C=O) groups excluding carboxylic acids is 7. The topological polar surface area (TPSA) is 256 Å². The lowest BCUT2D eigenvalue weighted by atomic mass is 10.0. The Labute approximate surface area is 469 Å². The Bertz CT molecular complexity index is 3210. The maximum atomic E-state index is 14.1. The van der Waals surface area contributed by atoms with Gasteiger partial charge in [-0.25, -0.2) is 0 Å². The second-order valence-corrected chi connectivity index (χ2v) is 20.5. The molecule has 0 saturated carbocycles. The van der Waals surface area contributed by atoms with Crippen LogP contribution in [0.15, 0.2) is 102 Å². The van der Waals surface area contributed by atoms with Crippen molar-refractivity contribution in [3.05, 3.63) is 120 Å². The van der Waals surface area contributed by atoms with Crippen molar-refractivity contribution in [1.82, 2.24) is 25.3 Å². The Morgan fingerprint density at radius 2 is 1.31 bits per heavy atom. The summed E-state index contributed by atoms with van der Waals surface area (Å²) in [6, 6.07) is 18.6. The molecule has 4 aromatic carbocycles. The lowest BCUT2D eigenvalue weighted by Gasteiger charge is -2.24. The molecule has 1 unspecified atom stereocenters. The van der Waals surface area contributed by atoms with Crippen LogP contribution in [-0.4, -0.2) is 139 Å². The van der Waals surface area contributed by atoms with E-state index >= 15 is 0 Å². The van der Waals surface area contributed by atoms with E-state index in [-0.39, 0.29) is 67.7 Å². The number of carbonyl (C=O) groups is 7. The second kappa shape index (κ2) is 25.0. The second-order valence-electron chi connectivity index (χ2n) is 20.5. The summed E-state index contributed by atoms with van der Waals surface area (Å²) in [5, 5.41) is 22.7. The van der Waals surface area contributed by atoms with Gasteiger partial charge in [-0.3, -0.25) is 43.5 Å². The van der Waals surface area contributed by atoms with Gasteiger partial charge in [-0.1, -0.05) is 44.5 Å². The molecule has 424 valence electrons. The number of rotatable bonds is 23. The number of imide groups is 1. The summed E-state index contributed by atoms with van der Waals surface area (Å²) >= 11 is 0. The molecule has 0 fully saturated rings. The van der Waals surface area contributed by atoms with Crippen molar-refractivity contribution < 1.29 is 62.4 Å². The zero-order valence-corrected chi connectivity index (χ0v) is 46.0. The number of nitrogens with one attached hydrogen (secondary N) is 4. The third-order valence-electron chi connectivity index (χ3n) is 14.7. The van der Waals surface area contributed by atoms with Gasteiger partial charge in [0.1, 0.15) is 24.1 Å². The first kappa shape index (κ1) is 56.7. The number of hydrogen-bond acceptors (Lipinski definition) is 15. The minimum Gasteiger partial charge on any atom is -0.497 e. The van der Waals surface area contributed by atoms with Crippen LogP contribution in [0.2, 0.25) is 0 Å². The van der Waals surface area contributed by atoms with E-state index in [9.17, 15) is 38.7 Å². The molecule has 0 saturated heterocycles. The van der Waals surface area contributed by atoms with Gasteiger partial charge in [0.2, 0.25) is 17.7 Å². The number of ether oxygens (including phenoxy) is 5. The Kier molecular flexibility index (Phi) is 17.5. The van der Waals surface area contributed by atoms with E-state index in [0.29, 0.717) is 89.7 Å². The van der Waals surface area contributed by atoms with Crippen LogP contribution in [0, 0.1) is 5.92 Å². The first-order valence-electron chi connectivity index (χ1n) is 27.0. The zero-order valence-electron chi connectivity index (χ0n) is 46.0. The molecule has 5 heterocycles. The Balaban J connectivity index is 0.744. The Hall–Kier alpha value is -8.98. The van der Waals surface area contributed by atoms with Gasteiger partial charge in [-0.2, -0.15) is 0 Å². The zero-order chi connectivity index (χ0) is 57.5. The molecule has 0 aliphatic carbocycles. The average Bonchev–Trinajstić information content (AvgIpc) is 4.18. The van der Waals surface area contributed by atoms with Gasteiger partial charge in [-0.15, -0.1) is 0 Å². The highest BCUT2D eigenvalue weighted by Gasteiger charge is 2.40. The summed E-state index contributed by atoms with van der Waals surface area (Å²) in [4.78, 5) is 99.9. The number of aliphatic hydroxyl groups is 1. The monoisotopic (exact) mass is 1110 g/mol. The molecule has 9 rings (SSSR count). The third kappa shape index (κ3) is 12.7. The summed E-state index contributed by atoms with van der Waals surface area (Å²) in [6.45, 7) is 5.86. The molecular formula is C60H66N8O13. The highest BCUT2D eigenvalue weighted by atomic mass is 16.5. The van der Waals surface area contributed by atoms with Crippen LogP contribution in [0.3, 0.4) is 0 Å². The van der Waals surface area contributed by atoms with Crippen molar-refractivity contribution in [3.8, 4) is 28.7 Å². The summed E-state index contributed by atoms with van der Waals surface area (Å²) in [6.07, 6.45) is 9.93. The fourth-order valence-electron chi connectivity index (χ4n) is 10.2. The van der Waals surface area contributed by atoms with Gasteiger partial charge in [0.15, 0.2) is 23.0 Å². The predicted molar refractivity (Wildman–Crippen MR) is 301 cm³/mol. The molecule has 0 bridgehead atoms. The molecule has 0 spiro atoms. The molecule has 5 atom stereocenters. The van der Waals surface area contributed by atoms with E-state index in [1.54, 1.807) is 92.7 Å². The number of unbranched alkanes of at least 4 members (excludes halogenated alkanes) is 2. The van der Waals surface area contributed by atoms with Crippen LogP contribution >= 0.6 is 0 Å². The highest BCUT2D eigenvalue weighted by molar-refractivity contribution is 6.13. The molecule has 5 N–H and O–H groups in total. The minimum absolute atomic E-state index is 0.159. The summed E-state index contributed by atoms with van der Waals surface area (Å²) in [5.74, 6) is -0.588. The van der Waals surface area contributed by atoms with Gasteiger partial charge in [0.05, 0.1) is 69.1 Å². The van der Waals surface area contributed by atoms with Crippen molar-refractivity contribution in [2.75, 3.05) is 51.7 Å². The summed E-state index contributed by atoms with van der Waals surface area (Å²) in [5.41, 5.74) is 5.55. The van der Waals surface area contributed by atoms with E-state index in [4.69, 9.17) is 28.7 Å². The molecule has 5 aliphatic rings. The summed E-state index contributed by atoms with van der Waals surface area (Å²) < 4.78 is 28.9. The molecule has 21 heteroatoms. The molecule has 81 heavy (non-hydrogen) atoms. The van der Waals surface area contributed by atoms with Crippen LogP contribution in [0.25, 0.3) is 11.1 Å². The number of fused-ring (bicyclic) bond motifs is 4. The Morgan fingerprint density at radius 1 is 0.691 bits per heavy atom. The highest BCUT2D eigenvalue weighted by Crippen LogP contribution is 2.42. The van der Waals surface area contributed by atoms with Crippen molar-refractivity contribution in [1.29, 1.82) is 0 Å². The number of hydrogen-bond donors (Lipinski definition) is 5. The molecule has 21 nitrogen and oxygen atoms in total. The van der Waals surface area contributed by atoms with Crippen LogP contribution in [-0.2, 0) is 24.0 Å². The SMILES string of the molecule is COc1ccc(C2=CN3C(=O)c4cc(OC)c(OCCCOc5cc6c(cc5OC)C(=O)N5C=C(c7ccc(NC(=O)[C@H](C)NC(=O)[C@@H](NC(=O)CCCCCN8C(=O)C=CC8=O)C(C)C)cc7)C[C@H]5C=N6)cc4NC(O)[C@@H]3C2)cc1. The van der Waals surface area contributed by atoms with E-state index in [2.05, 4.69) is 21.3 Å². The third-order valence-corrected chi connectivity index (χ3v) is 14.7. The van der Waals surface area contributed by atoms with Gasteiger partial charge < -0.3 is 59.9 Å².